The fraction of sp³-hybridized carbons (Fsp3) is 0.923. The highest BCUT2D eigenvalue weighted by molar-refractivity contribution is 5.81. The van der Waals surface area contributed by atoms with E-state index in [-0.39, 0.29) is 11.9 Å². The second kappa shape index (κ2) is 8.57. The summed E-state index contributed by atoms with van der Waals surface area (Å²) in [5, 5.41) is 6.29. The average molecular weight is 228 g/mol. The summed E-state index contributed by atoms with van der Waals surface area (Å²) in [5.74, 6) is 0.765. The van der Waals surface area contributed by atoms with Crippen molar-refractivity contribution in [3.05, 3.63) is 0 Å². The summed E-state index contributed by atoms with van der Waals surface area (Å²) in [6.07, 6.45) is 3.31. The number of carbonyl (C=O) groups is 1. The molecular formula is C13H28N2O. The minimum atomic E-state index is -0.0952. The topological polar surface area (TPSA) is 41.1 Å². The van der Waals surface area contributed by atoms with E-state index in [1.54, 1.807) is 0 Å². The Labute approximate surface area is 100 Å². The van der Waals surface area contributed by atoms with Crippen LogP contribution in [-0.2, 0) is 4.79 Å². The van der Waals surface area contributed by atoms with Crippen LogP contribution in [0.4, 0.5) is 0 Å². The van der Waals surface area contributed by atoms with E-state index in [0.717, 1.165) is 25.8 Å². The Morgan fingerprint density at radius 3 is 2.12 bits per heavy atom. The van der Waals surface area contributed by atoms with E-state index in [0.29, 0.717) is 12.0 Å². The van der Waals surface area contributed by atoms with Gasteiger partial charge in [-0.15, -0.1) is 0 Å². The molecule has 0 fully saturated rings. The molecule has 0 aliphatic rings. The first-order valence-corrected chi connectivity index (χ1v) is 6.60. The summed E-state index contributed by atoms with van der Waals surface area (Å²) >= 11 is 0. The number of hydrogen-bond donors (Lipinski definition) is 2. The van der Waals surface area contributed by atoms with Gasteiger partial charge in [-0.2, -0.15) is 0 Å². The van der Waals surface area contributed by atoms with Gasteiger partial charge in [0.25, 0.3) is 0 Å². The molecule has 0 radical (unpaired) electrons. The van der Waals surface area contributed by atoms with Crippen LogP contribution in [0.15, 0.2) is 0 Å². The number of hydrogen-bond acceptors (Lipinski definition) is 2. The monoisotopic (exact) mass is 228 g/mol. The molecule has 0 saturated carbocycles. The number of amides is 1. The highest BCUT2D eigenvalue weighted by atomic mass is 16.2. The summed E-state index contributed by atoms with van der Waals surface area (Å²) in [6, 6.07) is 0.305. The van der Waals surface area contributed by atoms with Crippen LogP contribution in [0.25, 0.3) is 0 Å². The minimum Gasteiger partial charge on any atom is -0.355 e. The van der Waals surface area contributed by atoms with Gasteiger partial charge in [0, 0.05) is 12.6 Å². The van der Waals surface area contributed by atoms with Crippen molar-refractivity contribution in [1.29, 1.82) is 0 Å². The zero-order valence-corrected chi connectivity index (χ0v) is 11.5. The highest BCUT2D eigenvalue weighted by Gasteiger charge is 2.19. The van der Waals surface area contributed by atoms with Crippen LogP contribution in [0.5, 0.6) is 0 Å². The van der Waals surface area contributed by atoms with Crippen LogP contribution in [0.1, 0.15) is 53.9 Å². The maximum atomic E-state index is 11.7. The normalized spacial score (nSPS) is 14.9. The van der Waals surface area contributed by atoms with Crippen molar-refractivity contribution in [3.8, 4) is 0 Å². The summed E-state index contributed by atoms with van der Waals surface area (Å²) < 4.78 is 0. The molecule has 96 valence electrons. The lowest BCUT2D eigenvalue weighted by atomic mass is 9.95. The third kappa shape index (κ3) is 5.50. The Bertz CT molecular complexity index is 190. The lowest BCUT2D eigenvalue weighted by Gasteiger charge is -2.25. The number of nitrogens with one attached hydrogen (secondary N) is 2. The van der Waals surface area contributed by atoms with Crippen molar-refractivity contribution in [3.63, 3.8) is 0 Å². The predicted molar refractivity (Wildman–Crippen MR) is 69.4 cm³/mol. The number of carbonyl (C=O) groups excluding carboxylic acids is 1. The molecule has 0 aliphatic carbocycles. The third-order valence-electron chi connectivity index (χ3n) is 3.21. The Kier molecular flexibility index (Phi) is 8.26. The SMILES string of the molecule is CCCNC(=O)C(C)NC(C)C(CC)CC. The molecule has 1 amide bonds. The van der Waals surface area contributed by atoms with E-state index in [9.17, 15) is 4.79 Å². The number of rotatable bonds is 8. The van der Waals surface area contributed by atoms with Gasteiger partial charge in [0.1, 0.15) is 0 Å². The summed E-state index contributed by atoms with van der Waals surface area (Å²) in [6.45, 7) is 11.3. The molecule has 0 aromatic carbocycles. The first-order chi connectivity index (χ1) is 7.56. The zero-order chi connectivity index (χ0) is 12.6. The second-order valence-corrected chi connectivity index (χ2v) is 4.54. The fourth-order valence-electron chi connectivity index (χ4n) is 2.00. The van der Waals surface area contributed by atoms with Gasteiger partial charge in [-0.3, -0.25) is 4.79 Å². The van der Waals surface area contributed by atoms with Crippen LogP contribution < -0.4 is 10.6 Å². The quantitative estimate of drug-likeness (QED) is 0.669. The third-order valence-corrected chi connectivity index (χ3v) is 3.21. The molecule has 2 atom stereocenters. The van der Waals surface area contributed by atoms with Crippen LogP contribution in [0.3, 0.4) is 0 Å². The molecule has 0 bridgehead atoms. The largest absolute Gasteiger partial charge is 0.355 e. The predicted octanol–water partition coefficient (Wildman–Crippen LogP) is 2.32. The standard InChI is InChI=1S/C13H28N2O/c1-6-9-14-13(16)11(5)15-10(4)12(7-2)8-3/h10-12,15H,6-9H2,1-5H3,(H,14,16). The lowest BCUT2D eigenvalue weighted by Crippen LogP contribution is -2.48. The lowest BCUT2D eigenvalue weighted by molar-refractivity contribution is -0.123. The van der Waals surface area contributed by atoms with Crippen molar-refractivity contribution in [1.82, 2.24) is 10.6 Å². The summed E-state index contributed by atoms with van der Waals surface area (Å²) in [5.41, 5.74) is 0. The molecule has 0 rings (SSSR count). The summed E-state index contributed by atoms with van der Waals surface area (Å²) in [4.78, 5) is 11.7. The highest BCUT2D eigenvalue weighted by Crippen LogP contribution is 2.12. The van der Waals surface area contributed by atoms with Crippen LogP contribution >= 0.6 is 0 Å². The van der Waals surface area contributed by atoms with E-state index >= 15 is 0 Å². The Morgan fingerprint density at radius 2 is 1.69 bits per heavy atom. The van der Waals surface area contributed by atoms with E-state index < -0.39 is 0 Å². The Hall–Kier alpha value is -0.570. The van der Waals surface area contributed by atoms with Crippen LogP contribution in [-0.4, -0.2) is 24.5 Å². The molecule has 16 heavy (non-hydrogen) atoms. The molecule has 2 N–H and O–H groups in total. The summed E-state index contributed by atoms with van der Waals surface area (Å²) in [7, 11) is 0. The Morgan fingerprint density at radius 1 is 1.12 bits per heavy atom. The molecule has 3 heteroatoms. The van der Waals surface area contributed by atoms with Gasteiger partial charge in [0.2, 0.25) is 5.91 Å². The molecule has 3 nitrogen and oxygen atoms in total. The van der Waals surface area contributed by atoms with Crippen molar-refractivity contribution in [2.75, 3.05) is 6.54 Å². The molecule has 0 heterocycles. The van der Waals surface area contributed by atoms with Crippen LogP contribution in [0.2, 0.25) is 0 Å². The van der Waals surface area contributed by atoms with Gasteiger partial charge in [-0.25, -0.2) is 0 Å². The minimum absolute atomic E-state index is 0.0952. The van der Waals surface area contributed by atoms with Gasteiger partial charge in [0.05, 0.1) is 6.04 Å². The second-order valence-electron chi connectivity index (χ2n) is 4.54. The molecule has 2 unspecified atom stereocenters. The maximum Gasteiger partial charge on any atom is 0.236 e. The van der Waals surface area contributed by atoms with Gasteiger partial charge in [-0.05, 0) is 26.2 Å². The molecule has 0 aromatic rings. The van der Waals surface area contributed by atoms with Gasteiger partial charge >= 0.3 is 0 Å². The molecular weight excluding hydrogens is 200 g/mol. The Balaban J connectivity index is 4.01. The van der Waals surface area contributed by atoms with Crippen LogP contribution in [0, 0.1) is 5.92 Å². The van der Waals surface area contributed by atoms with Gasteiger partial charge < -0.3 is 10.6 Å². The molecule has 0 aliphatic heterocycles. The van der Waals surface area contributed by atoms with Crippen molar-refractivity contribution < 1.29 is 4.79 Å². The van der Waals surface area contributed by atoms with E-state index in [2.05, 4.69) is 38.3 Å². The van der Waals surface area contributed by atoms with E-state index in [4.69, 9.17) is 0 Å². The fourth-order valence-corrected chi connectivity index (χ4v) is 2.00. The first-order valence-electron chi connectivity index (χ1n) is 6.60. The molecule has 0 saturated heterocycles. The molecule has 0 aromatic heterocycles. The van der Waals surface area contributed by atoms with Crippen molar-refractivity contribution >= 4 is 5.91 Å². The van der Waals surface area contributed by atoms with Gasteiger partial charge in [0.15, 0.2) is 0 Å². The molecule has 0 spiro atoms. The zero-order valence-electron chi connectivity index (χ0n) is 11.5. The average Bonchev–Trinajstić information content (AvgIpc) is 2.27. The van der Waals surface area contributed by atoms with E-state index in [1.165, 1.54) is 0 Å². The van der Waals surface area contributed by atoms with Crippen molar-refractivity contribution in [2.45, 2.75) is 66.0 Å². The smallest absolute Gasteiger partial charge is 0.236 e. The first kappa shape index (κ1) is 15.4. The van der Waals surface area contributed by atoms with E-state index in [1.807, 2.05) is 6.92 Å². The maximum absolute atomic E-state index is 11.7. The van der Waals surface area contributed by atoms with Gasteiger partial charge in [-0.1, -0.05) is 33.6 Å². The van der Waals surface area contributed by atoms with Crippen molar-refractivity contribution in [2.24, 2.45) is 5.92 Å².